The van der Waals surface area contributed by atoms with Crippen molar-refractivity contribution < 1.29 is 0 Å². The molecule has 0 aromatic carbocycles. The molecule has 0 N–H and O–H groups in total. The predicted molar refractivity (Wildman–Crippen MR) is 59.7 cm³/mol. The maximum Gasteiger partial charge on any atom is 0.0476 e. The Morgan fingerprint density at radius 2 is 1.92 bits per heavy atom. The Morgan fingerprint density at radius 1 is 1.31 bits per heavy atom. The molecule has 0 amide bonds. The van der Waals surface area contributed by atoms with Gasteiger partial charge >= 0.3 is 0 Å². The molecule has 0 fully saturated rings. The topological polar surface area (TPSA) is 4.93 Å². The van der Waals surface area contributed by atoms with Crippen LogP contribution in [0.4, 0.5) is 0 Å². The first-order valence-electron chi connectivity index (χ1n) is 4.54. The van der Waals surface area contributed by atoms with E-state index in [4.69, 9.17) is 0 Å². The van der Waals surface area contributed by atoms with E-state index in [2.05, 4.69) is 44.2 Å². The number of nitrogens with zero attached hydrogens (tertiary/aromatic N) is 1. The highest BCUT2D eigenvalue weighted by Crippen LogP contribution is 2.23. The zero-order valence-corrected chi connectivity index (χ0v) is 8.89. The Balaban J connectivity index is 3.47. The van der Waals surface area contributed by atoms with Gasteiger partial charge in [0.2, 0.25) is 0 Å². The summed E-state index contributed by atoms with van der Waals surface area (Å²) in [7, 11) is 2.08. The van der Waals surface area contributed by atoms with Crippen molar-refractivity contribution in [3.8, 4) is 0 Å². The van der Waals surface area contributed by atoms with Gasteiger partial charge in [0.05, 0.1) is 0 Å². The Kier molecular flexibility index (Phi) is 2.76. The van der Waals surface area contributed by atoms with Crippen LogP contribution in [0.5, 0.6) is 0 Å². The van der Waals surface area contributed by atoms with E-state index in [9.17, 15) is 0 Å². The SMILES string of the molecule is C=Cc1c(/C=C\C)c(C)c(C)n1C. The molecule has 1 heteroatoms. The van der Waals surface area contributed by atoms with E-state index < -0.39 is 0 Å². The summed E-state index contributed by atoms with van der Waals surface area (Å²) in [5, 5.41) is 0. The lowest BCUT2D eigenvalue weighted by molar-refractivity contribution is 0.866. The van der Waals surface area contributed by atoms with Crippen molar-refractivity contribution in [1.29, 1.82) is 0 Å². The number of allylic oxidation sites excluding steroid dienone is 1. The molecule has 1 aromatic heterocycles. The Hall–Kier alpha value is -1.24. The zero-order valence-electron chi connectivity index (χ0n) is 8.89. The van der Waals surface area contributed by atoms with Crippen LogP contribution in [0.3, 0.4) is 0 Å². The molecule has 1 aromatic rings. The van der Waals surface area contributed by atoms with Gasteiger partial charge < -0.3 is 4.57 Å². The quantitative estimate of drug-likeness (QED) is 0.650. The summed E-state index contributed by atoms with van der Waals surface area (Å²) in [6.07, 6.45) is 6.11. The zero-order chi connectivity index (χ0) is 10.0. The van der Waals surface area contributed by atoms with Gasteiger partial charge in [0.15, 0.2) is 0 Å². The number of aromatic nitrogens is 1. The lowest BCUT2D eigenvalue weighted by Gasteiger charge is -1.99. The Bertz CT molecular complexity index is 354. The minimum atomic E-state index is 1.20. The molecule has 0 aliphatic carbocycles. The molecule has 0 unspecified atom stereocenters. The molecule has 0 bridgehead atoms. The normalized spacial score (nSPS) is 11.1. The molecule has 70 valence electrons. The first kappa shape index (κ1) is 9.85. The van der Waals surface area contributed by atoms with Crippen molar-refractivity contribution in [2.24, 2.45) is 7.05 Å². The van der Waals surface area contributed by atoms with E-state index in [1.54, 1.807) is 0 Å². The van der Waals surface area contributed by atoms with Gasteiger partial charge in [-0.1, -0.05) is 18.7 Å². The fourth-order valence-corrected chi connectivity index (χ4v) is 1.62. The molecule has 13 heavy (non-hydrogen) atoms. The van der Waals surface area contributed by atoms with Crippen molar-refractivity contribution >= 4 is 12.2 Å². The van der Waals surface area contributed by atoms with Gasteiger partial charge in [0.1, 0.15) is 0 Å². The van der Waals surface area contributed by atoms with Gasteiger partial charge in [-0.05, 0) is 32.4 Å². The fraction of sp³-hybridized carbons (Fsp3) is 0.333. The largest absolute Gasteiger partial charge is 0.348 e. The lowest BCUT2D eigenvalue weighted by atomic mass is 10.1. The Labute approximate surface area is 80.4 Å². The van der Waals surface area contributed by atoms with Gasteiger partial charge in [0, 0.05) is 24.0 Å². The summed E-state index contributed by atoms with van der Waals surface area (Å²) in [6, 6.07) is 0. The molecule has 0 aliphatic rings. The highest BCUT2D eigenvalue weighted by molar-refractivity contribution is 5.67. The highest BCUT2D eigenvalue weighted by Gasteiger charge is 2.09. The van der Waals surface area contributed by atoms with Crippen LogP contribution < -0.4 is 0 Å². The molecule has 0 saturated carbocycles. The molecule has 1 rings (SSSR count). The second-order valence-corrected chi connectivity index (χ2v) is 3.27. The second-order valence-electron chi connectivity index (χ2n) is 3.27. The lowest BCUT2D eigenvalue weighted by Crippen LogP contribution is -1.93. The van der Waals surface area contributed by atoms with E-state index in [1.165, 1.54) is 22.5 Å². The summed E-state index contributed by atoms with van der Waals surface area (Å²) < 4.78 is 2.18. The van der Waals surface area contributed by atoms with Crippen LogP contribution >= 0.6 is 0 Å². The van der Waals surface area contributed by atoms with Crippen LogP contribution in [0.1, 0.15) is 29.4 Å². The Morgan fingerprint density at radius 3 is 2.38 bits per heavy atom. The van der Waals surface area contributed by atoms with Crippen molar-refractivity contribution in [2.75, 3.05) is 0 Å². The van der Waals surface area contributed by atoms with Crippen molar-refractivity contribution in [3.63, 3.8) is 0 Å². The van der Waals surface area contributed by atoms with Gasteiger partial charge in [0.25, 0.3) is 0 Å². The van der Waals surface area contributed by atoms with Crippen LogP contribution in [-0.2, 0) is 7.05 Å². The van der Waals surface area contributed by atoms with Crippen molar-refractivity contribution in [1.82, 2.24) is 4.57 Å². The van der Waals surface area contributed by atoms with Crippen LogP contribution in [-0.4, -0.2) is 4.57 Å². The maximum absolute atomic E-state index is 3.83. The molecule has 1 nitrogen and oxygen atoms in total. The van der Waals surface area contributed by atoms with E-state index >= 15 is 0 Å². The summed E-state index contributed by atoms with van der Waals surface area (Å²) in [5.41, 5.74) is 5.14. The van der Waals surface area contributed by atoms with Crippen LogP contribution in [0, 0.1) is 13.8 Å². The first-order valence-corrected chi connectivity index (χ1v) is 4.54. The number of hydrogen-bond acceptors (Lipinski definition) is 0. The van der Waals surface area contributed by atoms with Crippen LogP contribution in [0.15, 0.2) is 12.7 Å². The molecular weight excluding hydrogens is 158 g/mol. The van der Waals surface area contributed by atoms with Gasteiger partial charge in [-0.2, -0.15) is 0 Å². The maximum atomic E-state index is 3.83. The van der Waals surface area contributed by atoms with E-state index in [-0.39, 0.29) is 0 Å². The van der Waals surface area contributed by atoms with E-state index in [0.29, 0.717) is 0 Å². The minimum Gasteiger partial charge on any atom is -0.348 e. The average molecular weight is 175 g/mol. The average Bonchev–Trinajstić information content (AvgIpc) is 2.32. The third-order valence-electron chi connectivity index (χ3n) is 2.61. The smallest absolute Gasteiger partial charge is 0.0476 e. The molecular formula is C12H17N. The van der Waals surface area contributed by atoms with Gasteiger partial charge in [-0.15, -0.1) is 0 Å². The molecule has 1 heterocycles. The second kappa shape index (κ2) is 3.65. The predicted octanol–water partition coefficient (Wildman–Crippen LogP) is 3.32. The molecule has 0 atom stereocenters. The van der Waals surface area contributed by atoms with Crippen LogP contribution in [0.2, 0.25) is 0 Å². The fourth-order valence-electron chi connectivity index (χ4n) is 1.62. The van der Waals surface area contributed by atoms with Crippen molar-refractivity contribution in [2.45, 2.75) is 20.8 Å². The monoisotopic (exact) mass is 175 g/mol. The minimum absolute atomic E-state index is 1.20. The van der Waals surface area contributed by atoms with E-state index in [0.717, 1.165) is 0 Å². The number of rotatable bonds is 2. The molecule has 0 aliphatic heterocycles. The molecule has 0 saturated heterocycles. The first-order chi connectivity index (χ1) is 6.13. The number of hydrogen-bond donors (Lipinski definition) is 0. The third kappa shape index (κ3) is 1.46. The summed E-state index contributed by atoms with van der Waals surface area (Å²) in [4.78, 5) is 0. The highest BCUT2D eigenvalue weighted by atomic mass is 15.0. The van der Waals surface area contributed by atoms with Gasteiger partial charge in [-0.25, -0.2) is 0 Å². The summed E-state index contributed by atoms with van der Waals surface area (Å²) >= 11 is 0. The summed E-state index contributed by atoms with van der Waals surface area (Å²) in [6.45, 7) is 10.2. The third-order valence-corrected chi connectivity index (χ3v) is 2.61. The van der Waals surface area contributed by atoms with Crippen LogP contribution in [0.25, 0.3) is 12.2 Å². The molecule has 0 spiro atoms. The molecule has 0 radical (unpaired) electrons. The standard InChI is InChI=1S/C12H17N/c1-6-8-11-9(3)10(4)13(5)12(11)7-2/h6-8H,2H2,1,3-5H3/b8-6-. The van der Waals surface area contributed by atoms with Gasteiger partial charge in [-0.3, -0.25) is 0 Å². The summed E-state index contributed by atoms with van der Waals surface area (Å²) in [5.74, 6) is 0. The van der Waals surface area contributed by atoms with E-state index in [1.807, 2.05) is 13.0 Å². The van der Waals surface area contributed by atoms with Crippen molar-refractivity contribution in [3.05, 3.63) is 35.2 Å².